The van der Waals surface area contributed by atoms with Gasteiger partial charge in [-0.2, -0.15) is 0 Å². The van der Waals surface area contributed by atoms with Gasteiger partial charge in [0.15, 0.2) is 0 Å². The average molecular weight is 313 g/mol. The second-order valence-electron chi connectivity index (χ2n) is 5.00. The van der Waals surface area contributed by atoms with Gasteiger partial charge in [0.05, 0.1) is 4.88 Å². The zero-order chi connectivity index (χ0) is 15.7. The van der Waals surface area contributed by atoms with Gasteiger partial charge in [-0.25, -0.2) is 0 Å². The number of pyridine rings is 1. The molecule has 6 heteroatoms. The molecule has 22 heavy (non-hydrogen) atoms. The summed E-state index contributed by atoms with van der Waals surface area (Å²) in [6.45, 7) is 2.30. The molecule has 1 aromatic carbocycles. The lowest BCUT2D eigenvalue weighted by atomic mass is 10.1. The van der Waals surface area contributed by atoms with Crippen molar-refractivity contribution in [3.05, 3.63) is 62.1 Å². The SMILES string of the molecule is Cc1cc(=O)[nH]c2ccc(NC(=O)c3ccc(CN)s3)cc12. The van der Waals surface area contributed by atoms with Gasteiger partial charge in [0.25, 0.3) is 5.91 Å². The van der Waals surface area contributed by atoms with Gasteiger partial charge in [0.1, 0.15) is 0 Å². The van der Waals surface area contributed by atoms with E-state index in [1.807, 2.05) is 19.1 Å². The fraction of sp³-hybridized carbons (Fsp3) is 0.125. The summed E-state index contributed by atoms with van der Waals surface area (Å²) in [4.78, 5) is 28.0. The molecule has 3 aromatic rings. The van der Waals surface area contributed by atoms with E-state index < -0.39 is 0 Å². The first-order chi connectivity index (χ1) is 10.6. The fourth-order valence-electron chi connectivity index (χ4n) is 2.30. The number of anilines is 1. The normalized spacial score (nSPS) is 10.8. The molecule has 2 heterocycles. The van der Waals surface area contributed by atoms with Gasteiger partial charge in [-0.3, -0.25) is 9.59 Å². The minimum Gasteiger partial charge on any atom is -0.326 e. The van der Waals surface area contributed by atoms with Crippen LogP contribution >= 0.6 is 11.3 Å². The highest BCUT2D eigenvalue weighted by Crippen LogP contribution is 2.22. The molecule has 0 bridgehead atoms. The molecule has 0 aliphatic heterocycles. The van der Waals surface area contributed by atoms with Crippen molar-refractivity contribution < 1.29 is 4.79 Å². The predicted octanol–water partition coefficient (Wildman–Crippen LogP) is 2.61. The second-order valence-corrected chi connectivity index (χ2v) is 6.17. The van der Waals surface area contributed by atoms with Crippen LogP contribution in [0.3, 0.4) is 0 Å². The first-order valence-corrected chi connectivity index (χ1v) is 7.62. The number of hydrogen-bond donors (Lipinski definition) is 3. The van der Waals surface area contributed by atoms with Crippen LogP contribution in [0.1, 0.15) is 20.1 Å². The number of aromatic amines is 1. The number of hydrogen-bond acceptors (Lipinski definition) is 4. The summed E-state index contributed by atoms with van der Waals surface area (Å²) in [6.07, 6.45) is 0. The Hall–Kier alpha value is -2.44. The van der Waals surface area contributed by atoms with Crippen LogP contribution in [0.5, 0.6) is 0 Å². The van der Waals surface area contributed by atoms with E-state index in [4.69, 9.17) is 5.73 Å². The van der Waals surface area contributed by atoms with Crippen LogP contribution in [0.2, 0.25) is 0 Å². The van der Waals surface area contributed by atoms with Crippen molar-refractivity contribution in [1.29, 1.82) is 0 Å². The molecular weight excluding hydrogens is 298 g/mol. The minimum absolute atomic E-state index is 0.130. The standard InChI is InChI=1S/C16H15N3O2S/c1-9-6-15(20)19-13-4-2-10(7-12(9)13)18-16(21)14-5-3-11(8-17)22-14/h2-7H,8,17H2,1H3,(H,18,21)(H,19,20). The molecule has 0 radical (unpaired) electrons. The summed E-state index contributed by atoms with van der Waals surface area (Å²) in [7, 11) is 0. The quantitative estimate of drug-likeness (QED) is 0.694. The third-order valence-electron chi connectivity index (χ3n) is 3.39. The van der Waals surface area contributed by atoms with Crippen LogP contribution in [-0.4, -0.2) is 10.9 Å². The molecule has 4 N–H and O–H groups in total. The zero-order valence-corrected chi connectivity index (χ0v) is 12.8. The number of fused-ring (bicyclic) bond motifs is 1. The Balaban J connectivity index is 1.90. The van der Waals surface area contributed by atoms with E-state index in [-0.39, 0.29) is 11.5 Å². The highest BCUT2D eigenvalue weighted by atomic mass is 32.1. The van der Waals surface area contributed by atoms with Crippen LogP contribution < -0.4 is 16.6 Å². The Morgan fingerprint density at radius 1 is 1.27 bits per heavy atom. The minimum atomic E-state index is -0.161. The number of nitrogens with two attached hydrogens (primary N) is 1. The lowest BCUT2D eigenvalue weighted by molar-refractivity contribution is 0.103. The Kier molecular flexibility index (Phi) is 3.79. The number of H-pyrrole nitrogens is 1. The number of amides is 1. The van der Waals surface area contributed by atoms with E-state index in [2.05, 4.69) is 10.3 Å². The number of aromatic nitrogens is 1. The summed E-state index contributed by atoms with van der Waals surface area (Å²) in [6, 6.07) is 10.6. The number of aryl methyl sites for hydroxylation is 1. The van der Waals surface area contributed by atoms with Crippen LogP contribution in [0, 0.1) is 6.92 Å². The number of thiophene rings is 1. The Morgan fingerprint density at radius 2 is 2.09 bits per heavy atom. The molecule has 0 unspecified atom stereocenters. The van der Waals surface area contributed by atoms with Gasteiger partial charge < -0.3 is 16.0 Å². The molecule has 0 saturated heterocycles. The average Bonchev–Trinajstić information content (AvgIpc) is 2.97. The summed E-state index contributed by atoms with van der Waals surface area (Å²) >= 11 is 1.38. The summed E-state index contributed by atoms with van der Waals surface area (Å²) in [5, 5.41) is 3.78. The molecule has 0 aliphatic rings. The molecule has 2 aromatic heterocycles. The predicted molar refractivity (Wildman–Crippen MR) is 89.5 cm³/mol. The molecular formula is C16H15N3O2S. The van der Waals surface area contributed by atoms with Crippen molar-refractivity contribution in [2.45, 2.75) is 13.5 Å². The lowest BCUT2D eigenvalue weighted by Crippen LogP contribution is -2.10. The van der Waals surface area contributed by atoms with Crippen molar-refractivity contribution in [2.75, 3.05) is 5.32 Å². The number of carbonyl (C=O) groups is 1. The number of benzene rings is 1. The first-order valence-electron chi connectivity index (χ1n) is 6.80. The van der Waals surface area contributed by atoms with Gasteiger partial charge in [0.2, 0.25) is 5.56 Å². The van der Waals surface area contributed by atoms with Crippen LogP contribution in [-0.2, 0) is 6.54 Å². The fourth-order valence-corrected chi connectivity index (χ4v) is 3.08. The Labute approximate surface area is 130 Å². The lowest BCUT2D eigenvalue weighted by Gasteiger charge is -2.07. The second kappa shape index (κ2) is 5.75. The topological polar surface area (TPSA) is 88.0 Å². The smallest absolute Gasteiger partial charge is 0.265 e. The Morgan fingerprint density at radius 3 is 2.82 bits per heavy atom. The van der Waals surface area contributed by atoms with E-state index in [1.165, 1.54) is 11.3 Å². The van der Waals surface area contributed by atoms with E-state index in [1.54, 1.807) is 24.3 Å². The summed E-state index contributed by atoms with van der Waals surface area (Å²) in [5.74, 6) is -0.161. The Bertz CT molecular complexity index is 911. The maximum Gasteiger partial charge on any atom is 0.265 e. The number of carbonyl (C=O) groups excluding carboxylic acids is 1. The molecule has 0 aliphatic carbocycles. The number of nitrogens with one attached hydrogen (secondary N) is 2. The molecule has 112 valence electrons. The van der Waals surface area contributed by atoms with Gasteiger partial charge in [-0.05, 0) is 42.8 Å². The molecule has 0 fully saturated rings. The maximum atomic E-state index is 12.2. The van der Waals surface area contributed by atoms with Gasteiger partial charge in [-0.1, -0.05) is 0 Å². The molecule has 3 rings (SSSR count). The summed E-state index contributed by atoms with van der Waals surface area (Å²) < 4.78 is 0. The summed E-state index contributed by atoms with van der Waals surface area (Å²) in [5.41, 5.74) is 7.74. The van der Waals surface area contributed by atoms with E-state index in [0.717, 1.165) is 21.3 Å². The van der Waals surface area contributed by atoms with Gasteiger partial charge >= 0.3 is 0 Å². The van der Waals surface area contributed by atoms with Crippen molar-refractivity contribution in [3.8, 4) is 0 Å². The highest BCUT2D eigenvalue weighted by Gasteiger charge is 2.10. The van der Waals surface area contributed by atoms with E-state index >= 15 is 0 Å². The van der Waals surface area contributed by atoms with Gasteiger partial charge in [-0.15, -0.1) is 11.3 Å². The molecule has 1 amide bonds. The van der Waals surface area contributed by atoms with Crippen LogP contribution in [0.15, 0.2) is 41.2 Å². The van der Waals surface area contributed by atoms with E-state index in [0.29, 0.717) is 17.1 Å². The largest absolute Gasteiger partial charge is 0.326 e. The first kappa shape index (κ1) is 14.5. The van der Waals surface area contributed by atoms with Crippen LogP contribution in [0.25, 0.3) is 10.9 Å². The van der Waals surface area contributed by atoms with Crippen LogP contribution in [0.4, 0.5) is 5.69 Å². The molecule has 0 atom stereocenters. The molecule has 0 spiro atoms. The van der Waals surface area contributed by atoms with Crippen molar-refractivity contribution >= 4 is 33.8 Å². The molecule has 5 nitrogen and oxygen atoms in total. The third kappa shape index (κ3) is 2.79. The maximum absolute atomic E-state index is 12.2. The third-order valence-corrected chi connectivity index (χ3v) is 4.50. The monoisotopic (exact) mass is 313 g/mol. The zero-order valence-electron chi connectivity index (χ0n) is 12.0. The molecule has 0 saturated carbocycles. The van der Waals surface area contributed by atoms with E-state index in [9.17, 15) is 9.59 Å². The van der Waals surface area contributed by atoms with Crippen molar-refractivity contribution in [1.82, 2.24) is 4.98 Å². The van der Waals surface area contributed by atoms with Gasteiger partial charge in [0, 0.05) is 34.1 Å². The highest BCUT2D eigenvalue weighted by molar-refractivity contribution is 7.14. The van der Waals surface area contributed by atoms with Crippen molar-refractivity contribution in [3.63, 3.8) is 0 Å². The van der Waals surface area contributed by atoms with Crippen molar-refractivity contribution in [2.24, 2.45) is 5.73 Å². The number of rotatable bonds is 3.